The monoisotopic (exact) mass is 329 g/mol. The summed E-state index contributed by atoms with van der Waals surface area (Å²) >= 11 is 3.52. The molecule has 2 atom stereocenters. The number of rotatable bonds is 5. The van der Waals surface area contributed by atoms with Gasteiger partial charge in [0, 0.05) is 12.6 Å². The summed E-state index contributed by atoms with van der Waals surface area (Å²) in [7, 11) is 0. The molecule has 0 radical (unpaired) electrons. The van der Waals surface area contributed by atoms with Gasteiger partial charge in [-0.25, -0.2) is 0 Å². The molecule has 1 fully saturated rings. The van der Waals surface area contributed by atoms with Gasteiger partial charge in [-0.05, 0) is 55.1 Å². The molecule has 2 unspecified atom stereocenters. The second kappa shape index (κ2) is 6.37. The van der Waals surface area contributed by atoms with Crippen molar-refractivity contribution in [2.45, 2.75) is 64.1 Å². The van der Waals surface area contributed by atoms with E-state index in [0.717, 1.165) is 42.5 Å². The highest BCUT2D eigenvalue weighted by Gasteiger charge is 2.33. The Morgan fingerprint density at radius 2 is 2.37 bits per heavy atom. The van der Waals surface area contributed by atoms with E-state index in [2.05, 4.69) is 33.3 Å². The Morgan fingerprint density at radius 1 is 1.58 bits per heavy atom. The zero-order valence-corrected chi connectivity index (χ0v) is 13.4. The lowest BCUT2D eigenvalue weighted by Gasteiger charge is -2.32. The zero-order chi connectivity index (χ0) is 13.9. The predicted molar refractivity (Wildman–Crippen MR) is 80.0 cm³/mol. The number of aryl methyl sites for hydroxylation is 1. The van der Waals surface area contributed by atoms with Gasteiger partial charge in [-0.1, -0.05) is 13.3 Å². The first-order valence-electron chi connectivity index (χ1n) is 7.22. The van der Waals surface area contributed by atoms with Gasteiger partial charge in [0.25, 0.3) is 0 Å². The van der Waals surface area contributed by atoms with Crippen LogP contribution in [-0.4, -0.2) is 27.5 Å². The van der Waals surface area contributed by atoms with E-state index in [1.165, 1.54) is 12.8 Å². The van der Waals surface area contributed by atoms with Gasteiger partial charge in [-0.3, -0.25) is 4.68 Å². The maximum atomic E-state index is 10.9. The lowest BCUT2D eigenvalue weighted by atomic mass is 9.89. The molecule has 2 rings (SSSR count). The Morgan fingerprint density at radius 3 is 3.00 bits per heavy atom. The molecule has 108 valence electrons. The second-order valence-electron chi connectivity index (χ2n) is 5.69. The van der Waals surface area contributed by atoms with Gasteiger partial charge in [0.15, 0.2) is 0 Å². The van der Waals surface area contributed by atoms with Crippen LogP contribution in [0.5, 0.6) is 0 Å². The molecule has 2 N–H and O–H groups in total. The highest BCUT2D eigenvalue weighted by Crippen LogP contribution is 2.33. The summed E-state index contributed by atoms with van der Waals surface area (Å²) in [6, 6.07) is 0.403. The second-order valence-corrected chi connectivity index (χ2v) is 6.54. The molecule has 0 amide bonds. The minimum atomic E-state index is -0.848. The number of piperidine rings is 1. The number of hydrogen-bond acceptors (Lipinski definition) is 3. The van der Waals surface area contributed by atoms with Gasteiger partial charge in [-0.2, -0.15) is 5.10 Å². The number of aliphatic hydroxyl groups is 1. The summed E-state index contributed by atoms with van der Waals surface area (Å²) < 4.78 is 2.83. The van der Waals surface area contributed by atoms with Gasteiger partial charge >= 0.3 is 0 Å². The molecule has 1 aromatic rings. The largest absolute Gasteiger partial charge is 0.384 e. The van der Waals surface area contributed by atoms with Crippen LogP contribution in [0.3, 0.4) is 0 Å². The van der Waals surface area contributed by atoms with E-state index in [1.54, 1.807) is 6.20 Å². The van der Waals surface area contributed by atoms with Crippen molar-refractivity contribution in [3.8, 4) is 0 Å². The molecule has 19 heavy (non-hydrogen) atoms. The smallest absolute Gasteiger partial charge is 0.106 e. The van der Waals surface area contributed by atoms with Crippen molar-refractivity contribution in [2.24, 2.45) is 0 Å². The van der Waals surface area contributed by atoms with Crippen LogP contribution in [0.25, 0.3) is 0 Å². The molecule has 2 heterocycles. The van der Waals surface area contributed by atoms with E-state index in [0.29, 0.717) is 6.04 Å². The third-order valence-corrected chi connectivity index (χ3v) is 4.38. The Balaban J connectivity index is 2.15. The topological polar surface area (TPSA) is 50.1 Å². The summed E-state index contributed by atoms with van der Waals surface area (Å²) in [5, 5.41) is 18.7. The minimum Gasteiger partial charge on any atom is -0.384 e. The molecule has 5 heteroatoms. The molecular weight excluding hydrogens is 306 g/mol. The van der Waals surface area contributed by atoms with Crippen LogP contribution in [0, 0.1) is 0 Å². The summed E-state index contributed by atoms with van der Waals surface area (Å²) in [5.74, 6) is 0. The Bertz CT molecular complexity index is 411. The molecule has 1 aliphatic heterocycles. The first-order chi connectivity index (χ1) is 9.04. The fourth-order valence-electron chi connectivity index (χ4n) is 2.95. The number of nitrogens with zero attached hydrogens (tertiary/aromatic N) is 2. The van der Waals surface area contributed by atoms with Crippen molar-refractivity contribution in [1.29, 1.82) is 0 Å². The molecule has 1 aromatic heterocycles. The molecule has 0 aromatic carbocycles. The number of aromatic nitrogens is 2. The van der Waals surface area contributed by atoms with Crippen molar-refractivity contribution in [1.82, 2.24) is 15.1 Å². The van der Waals surface area contributed by atoms with Crippen molar-refractivity contribution < 1.29 is 5.11 Å². The lowest BCUT2D eigenvalue weighted by Crippen LogP contribution is -2.40. The summed E-state index contributed by atoms with van der Waals surface area (Å²) in [6.07, 6.45) is 7.18. The fraction of sp³-hybridized carbons (Fsp3) is 0.786. The molecule has 0 saturated carbocycles. The maximum absolute atomic E-state index is 10.9. The van der Waals surface area contributed by atoms with Crippen molar-refractivity contribution in [3.63, 3.8) is 0 Å². The van der Waals surface area contributed by atoms with Gasteiger partial charge in [-0.15, -0.1) is 0 Å². The van der Waals surface area contributed by atoms with E-state index in [-0.39, 0.29) is 0 Å². The van der Waals surface area contributed by atoms with E-state index in [1.807, 2.05) is 11.6 Å². The number of hydrogen-bond donors (Lipinski definition) is 2. The van der Waals surface area contributed by atoms with Gasteiger partial charge in [0.1, 0.15) is 5.60 Å². The third-order valence-electron chi connectivity index (χ3n) is 3.80. The molecule has 1 saturated heterocycles. The van der Waals surface area contributed by atoms with Crippen molar-refractivity contribution in [3.05, 3.63) is 16.4 Å². The van der Waals surface area contributed by atoms with Gasteiger partial charge in [0.2, 0.25) is 0 Å². The number of halogens is 1. The molecule has 0 bridgehead atoms. The van der Waals surface area contributed by atoms with E-state index in [4.69, 9.17) is 0 Å². The Labute approximate surface area is 123 Å². The van der Waals surface area contributed by atoms with Gasteiger partial charge in [0.05, 0.1) is 16.4 Å². The first-order valence-corrected chi connectivity index (χ1v) is 8.01. The molecule has 0 spiro atoms. The van der Waals surface area contributed by atoms with Crippen molar-refractivity contribution >= 4 is 15.9 Å². The molecular formula is C14H24BrN3O. The highest BCUT2D eigenvalue weighted by atomic mass is 79.9. The molecule has 0 aliphatic carbocycles. The number of nitrogens with one attached hydrogen (secondary N) is 1. The average molecular weight is 330 g/mol. The van der Waals surface area contributed by atoms with Crippen LogP contribution >= 0.6 is 15.9 Å². The maximum Gasteiger partial charge on any atom is 0.106 e. The summed E-state index contributed by atoms with van der Waals surface area (Å²) in [6.45, 7) is 5.93. The third kappa shape index (κ3) is 3.58. The normalized spacial score (nSPS) is 23.3. The Hall–Kier alpha value is -0.390. The van der Waals surface area contributed by atoms with Crippen LogP contribution in [0.15, 0.2) is 10.7 Å². The molecule has 4 nitrogen and oxygen atoms in total. The minimum absolute atomic E-state index is 0.403. The summed E-state index contributed by atoms with van der Waals surface area (Å²) in [4.78, 5) is 0. The van der Waals surface area contributed by atoms with E-state index < -0.39 is 5.60 Å². The molecule has 1 aliphatic rings. The lowest BCUT2D eigenvalue weighted by molar-refractivity contribution is 0.0237. The van der Waals surface area contributed by atoms with Gasteiger partial charge < -0.3 is 10.4 Å². The summed E-state index contributed by atoms with van der Waals surface area (Å²) in [5.41, 5.74) is 0.0567. The standard InChI is InChI=1S/C14H24BrN3O/c1-3-8-18-13(12(15)10-17-18)14(2,19)9-11-6-4-5-7-16-11/h10-11,16,19H,3-9H2,1-2H3. The Kier molecular flexibility index (Phi) is 5.03. The van der Waals surface area contributed by atoms with Crippen LogP contribution in [-0.2, 0) is 12.1 Å². The van der Waals surface area contributed by atoms with Crippen LogP contribution in [0.2, 0.25) is 0 Å². The van der Waals surface area contributed by atoms with Crippen LogP contribution in [0.1, 0.15) is 51.6 Å². The van der Waals surface area contributed by atoms with E-state index >= 15 is 0 Å². The first kappa shape index (κ1) is 15.0. The van der Waals surface area contributed by atoms with Crippen LogP contribution < -0.4 is 5.32 Å². The average Bonchev–Trinajstić information content (AvgIpc) is 2.72. The predicted octanol–water partition coefficient (Wildman–Crippen LogP) is 2.80. The van der Waals surface area contributed by atoms with Crippen LogP contribution in [0.4, 0.5) is 0 Å². The van der Waals surface area contributed by atoms with E-state index in [9.17, 15) is 5.11 Å². The highest BCUT2D eigenvalue weighted by molar-refractivity contribution is 9.10. The van der Waals surface area contributed by atoms with Crippen molar-refractivity contribution in [2.75, 3.05) is 6.54 Å². The fourth-order valence-corrected chi connectivity index (χ4v) is 3.68. The quantitative estimate of drug-likeness (QED) is 0.873. The zero-order valence-electron chi connectivity index (χ0n) is 11.8. The SMILES string of the molecule is CCCn1ncc(Br)c1C(C)(O)CC1CCCCN1.